The number of benzene rings is 2. The number of aromatic nitrogens is 2. The lowest BCUT2D eigenvalue weighted by Crippen LogP contribution is -2.51. The molecule has 0 saturated carbocycles. The number of hydrogen-bond acceptors (Lipinski definition) is 7. The van der Waals surface area contributed by atoms with Gasteiger partial charge in [0.1, 0.15) is 35.7 Å². The number of halogens is 2. The number of carbonyl (C=O) groups is 4. The van der Waals surface area contributed by atoms with E-state index in [1.54, 1.807) is 31.5 Å². The van der Waals surface area contributed by atoms with Crippen molar-refractivity contribution in [2.45, 2.75) is 78.6 Å². The summed E-state index contributed by atoms with van der Waals surface area (Å²) in [5, 5.41) is 24.1. The van der Waals surface area contributed by atoms with Crippen molar-refractivity contribution in [1.29, 1.82) is 0 Å². The van der Waals surface area contributed by atoms with Gasteiger partial charge < -0.3 is 35.1 Å². The zero-order valence-corrected chi connectivity index (χ0v) is 28.6. The van der Waals surface area contributed by atoms with Crippen molar-refractivity contribution in [2.24, 2.45) is 5.41 Å². The average Bonchev–Trinajstić information content (AvgIpc) is 3.40. The molecule has 49 heavy (non-hydrogen) atoms. The highest BCUT2D eigenvalue weighted by molar-refractivity contribution is 5.86. The Morgan fingerprint density at radius 2 is 1.69 bits per heavy atom. The van der Waals surface area contributed by atoms with Gasteiger partial charge in [-0.05, 0) is 56.4 Å². The molecule has 0 spiro atoms. The SMILES string of the molecule is CC(C)(C)OC(=O)NC(CCN(C(=O)CO)C(c1nc(-c2cc(F)ccc2F)cn1Cc1ccccc1)C(C)(C)C)C(=O)NCCC(=O)O. The first-order valence-corrected chi connectivity index (χ1v) is 15.9. The minimum Gasteiger partial charge on any atom is -0.481 e. The van der Waals surface area contributed by atoms with Crippen LogP contribution in [0, 0.1) is 17.0 Å². The number of rotatable bonds is 14. The molecule has 0 bridgehead atoms. The number of amides is 3. The predicted octanol–water partition coefficient (Wildman–Crippen LogP) is 4.66. The van der Waals surface area contributed by atoms with E-state index in [0.717, 1.165) is 23.8 Å². The van der Waals surface area contributed by atoms with Crippen molar-refractivity contribution >= 4 is 23.9 Å². The summed E-state index contributed by atoms with van der Waals surface area (Å²) in [4.78, 5) is 56.5. The van der Waals surface area contributed by atoms with E-state index in [4.69, 9.17) is 14.8 Å². The first-order chi connectivity index (χ1) is 22.9. The van der Waals surface area contributed by atoms with Crippen molar-refractivity contribution in [3.05, 3.63) is 77.8 Å². The van der Waals surface area contributed by atoms with Crippen LogP contribution in [0.5, 0.6) is 0 Å². The third-order valence-corrected chi connectivity index (χ3v) is 7.34. The molecule has 14 heteroatoms. The summed E-state index contributed by atoms with van der Waals surface area (Å²) in [5.41, 5.74) is -0.768. The highest BCUT2D eigenvalue weighted by Gasteiger charge is 2.39. The first kappa shape index (κ1) is 38.6. The predicted molar refractivity (Wildman–Crippen MR) is 177 cm³/mol. The van der Waals surface area contributed by atoms with Gasteiger partial charge in [-0.15, -0.1) is 0 Å². The van der Waals surface area contributed by atoms with Crippen LogP contribution in [-0.2, 0) is 25.7 Å². The zero-order valence-electron chi connectivity index (χ0n) is 28.6. The Morgan fingerprint density at radius 1 is 1.02 bits per heavy atom. The lowest BCUT2D eigenvalue weighted by Gasteiger charge is -2.40. The molecule has 266 valence electrons. The maximum atomic E-state index is 15.0. The summed E-state index contributed by atoms with van der Waals surface area (Å²) < 4.78 is 36.3. The number of alkyl carbamates (subject to hydrolysis) is 1. The second-order valence-corrected chi connectivity index (χ2v) is 13.7. The Hall–Kier alpha value is -4.85. The first-order valence-electron chi connectivity index (χ1n) is 15.9. The molecule has 2 aromatic carbocycles. The van der Waals surface area contributed by atoms with E-state index in [1.807, 2.05) is 51.1 Å². The van der Waals surface area contributed by atoms with Crippen LogP contribution in [0.1, 0.15) is 71.8 Å². The Labute approximate surface area is 284 Å². The quantitative estimate of drug-likeness (QED) is 0.191. The number of aliphatic hydroxyl groups is 1. The van der Waals surface area contributed by atoms with Crippen LogP contribution in [-0.4, -0.2) is 79.9 Å². The van der Waals surface area contributed by atoms with E-state index in [0.29, 0.717) is 5.82 Å². The molecule has 3 amide bonds. The summed E-state index contributed by atoms with van der Waals surface area (Å²) in [6, 6.07) is 10.2. The van der Waals surface area contributed by atoms with Crippen LogP contribution in [0.25, 0.3) is 11.3 Å². The van der Waals surface area contributed by atoms with Gasteiger partial charge in [-0.3, -0.25) is 14.4 Å². The van der Waals surface area contributed by atoms with Gasteiger partial charge >= 0.3 is 12.1 Å². The van der Waals surface area contributed by atoms with Gasteiger partial charge in [-0.1, -0.05) is 51.1 Å². The normalized spacial score (nSPS) is 12.9. The highest BCUT2D eigenvalue weighted by Crippen LogP contribution is 2.39. The summed E-state index contributed by atoms with van der Waals surface area (Å²) >= 11 is 0. The van der Waals surface area contributed by atoms with Gasteiger partial charge in [0, 0.05) is 31.4 Å². The molecule has 0 aliphatic heterocycles. The fraction of sp³-hybridized carbons (Fsp3) is 0.457. The number of nitrogens with one attached hydrogen (secondary N) is 2. The van der Waals surface area contributed by atoms with Gasteiger partial charge in [0.05, 0.1) is 18.2 Å². The number of imidazole rings is 1. The molecule has 3 aromatic rings. The number of nitrogens with zero attached hydrogens (tertiary/aromatic N) is 3. The van der Waals surface area contributed by atoms with Gasteiger partial charge in [-0.2, -0.15) is 0 Å². The number of aliphatic hydroxyl groups excluding tert-OH is 1. The lowest BCUT2D eigenvalue weighted by atomic mass is 9.84. The number of carboxylic acid groups (broad SMARTS) is 1. The standard InChI is InChI=1S/C35H45F2N5O7/c1-34(2,3)30(31-39-27(24-18-23(36)12-13-25(24)37)20-41(31)19-22-10-8-7-9-11-22)42(28(44)21-43)17-15-26(32(47)38-16-14-29(45)46)40-33(48)49-35(4,5)6/h7-13,18,20,26,30,43H,14-17,19,21H2,1-6H3,(H,38,47)(H,40,48)(H,45,46). The minimum atomic E-state index is -1.26. The minimum absolute atomic E-state index is 0.0830. The van der Waals surface area contributed by atoms with Gasteiger partial charge in [-0.25, -0.2) is 18.6 Å². The van der Waals surface area contributed by atoms with Crippen LogP contribution < -0.4 is 10.6 Å². The molecule has 1 heterocycles. The van der Waals surface area contributed by atoms with Crippen molar-refractivity contribution in [3.63, 3.8) is 0 Å². The van der Waals surface area contributed by atoms with E-state index in [9.17, 15) is 33.1 Å². The van der Waals surface area contributed by atoms with E-state index in [1.165, 1.54) is 4.90 Å². The van der Waals surface area contributed by atoms with Gasteiger partial charge in [0.15, 0.2) is 0 Å². The molecule has 2 atom stereocenters. The fourth-order valence-electron chi connectivity index (χ4n) is 5.26. The molecular formula is C35H45F2N5O7. The van der Waals surface area contributed by atoms with Crippen LogP contribution in [0.15, 0.2) is 54.7 Å². The summed E-state index contributed by atoms with van der Waals surface area (Å²) in [6.45, 7) is 9.42. The fourth-order valence-corrected chi connectivity index (χ4v) is 5.26. The van der Waals surface area contributed by atoms with Crippen molar-refractivity contribution in [1.82, 2.24) is 25.1 Å². The summed E-state index contributed by atoms with van der Waals surface area (Å²) in [6.07, 6.45) is 0.146. The molecule has 0 fully saturated rings. The molecule has 4 N–H and O–H groups in total. The topological polar surface area (TPSA) is 163 Å². The van der Waals surface area contributed by atoms with E-state index in [2.05, 4.69) is 10.6 Å². The van der Waals surface area contributed by atoms with Crippen molar-refractivity contribution < 1.29 is 42.9 Å². The number of carboxylic acids is 1. The Balaban J connectivity index is 2.09. The third-order valence-electron chi connectivity index (χ3n) is 7.34. The molecule has 0 radical (unpaired) electrons. The average molecular weight is 686 g/mol. The van der Waals surface area contributed by atoms with Crippen LogP contribution in [0.2, 0.25) is 0 Å². The highest BCUT2D eigenvalue weighted by atomic mass is 19.1. The number of ether oxygens (including phenoxy) is 1. The van der Waals surface area contributed by atoms with E-state index < -0.39 is 65.2 Å². The number of carbonyl (C=O) groups excluding carboxylic acids is 3. The Bertz CT molecular complexity index is 1620. The molecule has 0 aliphatic carbocycles. The monoisotopic (exact) mass is 685 g/mol. The van der Waals surface area contributed by atoms with Crippen LogP contribution in [0.4, 0.5) is 13.6 Å². The van der Waals surface area contributed by atoms with Crippen LogP contribution >= 0.6 is 0 Å². The molecule has 1 aromatic heterocycles. The van der Waals surface area contributed by atoms with Crippen molar-refractivity contribution in [2.75, 3.05) is 19.7 Å². The third kappa shape index (κ3) is 11.4. The molecule has 12 nitrogen and oxygen atoms in total. The maximum Gasteiger partial charge on any atom is 0.408 e. The molecule has 2 unspecified atom stereocenters. The number of aliphatic carboxylic acids is 1. The largest absolute Gasteiger partial charge is 0.481 e. The Morgan fingerprint density at radius 3 is 2.29 bits per heavy atom. The smallest absolute Gasteiger partial charge is 0.408 e. The van der Waals surface area contributed by atoms with Crippen molar-refractivity contribution in [3.8, 4) is 11.3 Å². The Kier molecular flexibility index (Phi) is 13.0. The van der Waals surface area contributed by atoms with Gasteiger partial charge in [0.25, 0.3) is 0 Å². The molecule has 0 aliphatic rings. The molecule has 3 rings (SSSR count). The lowest BCUT2D eigenvalue weighted by molar-refractivity contribution is -0.140. The van der Waals surface area contributed by atoms with E-state index in [-0.39, 0.29) is 43.7 Å². The summed E-state index contributed by atoms with van der Waals surface area (Å²) in [5.74, 6) is -3.60. The molecular weight excluding hydrogens is 640 g/mol. The van der Waals surface area contributed by atoms with Crippen LogP contribution in [0.3, 0.4) is 0 Å². The van der Waals surface area contributed by atoms with Gasteiger partial charge in [0.2, 0.25) is 11.8 Å². The zero-order chi connectivity index (χ0) is 36.5. The van der Waals surface area contributed by atoms with E-state index >= 15 is 0 Å². The number of hydrogen-bond donors (Lipinski definition) is 4. The summed E-state index contributed by atoms with van der Waals surface area (Å²) in [7, 11) is 0. The maximum absolute atomic E-state index is 15.0. The second-order valence-electron chi connectivity index (χ2n) is 13.7. The second kappa shape index (κ2) is 16.5. The molecule has 0 saturated heterocycles.